The van der Waals surface area contributed by atoms with E-state index >= 15 is 0 Å². The normalized spacial score (nSPS) is 10.0. The maximum absolute atomic E-state index is 12.1. The van der Waals surface area contributed by atoms with Crippen LogP contribution in [0.25, 0.3) is 0 Å². The fourth-order valence-corrected chi connectivity index (χ4v) is 1.46. The second-order valence-electron chi connectivity index (χ2n) is 3.50. The number of aromatic nitrogens is 1. The average molecular weight is 235 g/mol. The molecule has 5 nitrogen and oxygen atoms in total. The highest BCUT2D eigenvalue weighted by Gasteiger charge is 2.14. The topological polar surface area (TPSA) is 79.5 Å². The van der Waals surface area contributed by atoms with E-state index in [4.69, 9.17) is 10.8 Å². The van der Waals surface area contributed by atoms with Gasteiger partial charge in [-0.15, -0.1) is 6.58 Å². The minimum absolute atomic E-state index is 0.0750. The molecular weight excluding hydrogens is 218 g/mol. The molecule has 0 atom stereocenters. The highest BCUT2D eigenvalue weighted by atomic mass is 16.3. The molecule has 0 saturated carbocycles. The Labute approximate surface area is 101 Å². The van der Waals surface area contributed by atoms with Crippen molar-refractivity contribution in [3.63, 3.8) is 0 Å². The Balaban J connectivity index is 2.87. The van der Waals surface area contributed by atoms with E-state index in [9.17, 15) is 4.79 Å². The van der Waals surface area contributed by atoms with Crippen LogP contribution in [0.5, 0.6) is 0 Å². The van der Waals surface area contributed by atoms with Gasteiger partial charge in [-0.3, -0.25) is 9.78 Å². The van der Waals surface area contributed by atoms with Crippen LogP contribution >= 0.6 is 0 Å². The van der Waals surface area contributed by atoms with Gasteiger partial charge in [0.15, 0.2) is 0 Å². The summed E-state index contributed by atoms with van der Waals surface area (Å²) in [6.07, 6.45) is 3.18. The number of aliphatic hydroxyl groups is 1. The van der Waals surface area contributed by atoms with Gasteiger partial charge >= 0.3 is 0 Å². The summed E-state index contributed by atoms with van der Waals surface area (Å²) >= 11 is 0. The van der Waals surface area contributed by atoms with Gasteiger partial charge in [0.2, 0.25) is 0 Å². The molecule has 0 spiro atoms. The molecule has 1 aromatic rings. The van der Waals surface area contributed by atoms with E-state index in [0.717, 1.165) is 0 Å². The zero-order chi connectivity index (χ0) is 12.7. The molecule has 1 heterocycles. The highest BCUT2D eigenvalue weighted by molar-refractivity contribution is 5.94. The van der Waals surface area contributed by atoms with E-state index in [1.54, 1.807) is 24.4 Å². The summed E-state index contributed by atoms with van der Waals surface area (Å²) in [6, 6.07) is 3.30. The third-order valence-corrected chi connectivity index (χ3v) is 2.28. The van der Waals surface area contributed by atoms with Crippen molar-refractivity contribution in [1.82, 2.24) is 9.88 Å². The minimum atomic E-state index is -0.156. The number of amides is 1. The monoisotopic (exact) mass is 235 g/mol. The van der Waals surface area contributed by atoms with Gasteiger partial charge in [0.05, 0.1) is 12.3 Å². The Morgan fingerprint density at radius 2 is 2.41 bits per heavy atom. The molecule has 1 aromatic heterocycles. The first-order chi connectivity index (χ1) is 8.22. The zero-order valence-corrected chi connectivity index (χ0v) is 9.67. The zero-order valence-electron chi connectivity index (χ0n) is 9.67. The number of aliphatic hydroxyl groups excluding tert-OH is 1. The number of rotatable bonds is 6. The number of hydrogen-bond donors (Lipinski definition) is 2. The van der Waals surface area contributed by atoms with Crippen LogP contribution in [-0.2, 0) is 6.54 Å². The third kappa shape index (κ3) is 3.65. The molecule has 0 aliphatic carbocycles. The molecule has 0 aliphatic heterocycles. The predicted octanol–water partition coefficient (Wildman–Crippen LogP) is 0.161. The van der Waals surface area contributed by atoms with E-state index < -0.39 is 0 Å². The quantitative estimate of drug-likeness (QED) is 0.688. The molecule has 0 fully saturated rings. The van der Waals surface area contributed by atoms with Crippen molar-refractivity contribution in [2.75, 3.05) is 19.7 Å². The lowest BCUT2D eigenvalue weighted by Gasteiger charge is -2.20. The molecule has 0 radical (unpaired) electrons. The van der Waals surface area contributed by atoms with Crippen LogP contribution in [0.15, 0.2) is 31.0 Å². The molecule has 3 N–H and O–H groups in total. The van der Waals surface area contributed by atoms with Crippen LogP contribution in [0, 0.1) is 0 Å². The smallest absolute Gasteiger partial charge is 0.254 e. The SMILES string of the molecule is C=CCN(CCO)C(=O)c1ccnc(CN)c1. The van der Waals surface area contributed by atoms with Gasteiger partial charge in [0.1, 0.15) is 0 Å². The highest BCUT2D eigenvalue weighted by Crippen LogP contribution is 2.06. The Hall–Kier alpha value is -1.72. The fraction of sp³-hybridized carbons (Fsp3) is 0.333. The lowest BCUT2D eigenvalue weighted by molar-refractivity contribution is 0.0742. The number of nitrogens with zero attached hydrogens (tertiary/aromatic N) is 2. The molecule has 92 valence electrons. The summed E-state index contributed by atoms with van der Waals surface area (Å²) < 4.78 is 0. The van der Waals surface area contributed by atoms with Crippen molar-refractivity contribution in [2.45, 2.75) is 6.54 Å². The largest absolute Gasteiger partial charge is 0.395 e. The van der Waals surface area contributed by atoms with Crippen LogP contribution in [0.4, 0.5) is 0 Å². The maximum atomic E-state index is 12.1. The molecule has 0 unspecified atom stereocenters. The maximum Gasteiger partial charge on any atom is 0.254 e. The molecule has 0 aliphatic rings. The van der Waals surface area contributed by atoms with Crippen LogP contribution in [0.2, 0.25) is 0 Å². The lowest BCUT2D eigenvalue weighted by Crippen LogP contribution is -2.33. The Morgan fingerprint density at radius 1 is 1.65 bits per heavy atom. The van der Waals surface area contributed by atoms with Crippen LogP contribution in [0.3, 0.4) is 0 Å². The Morgan fingerprint density at radius 3 is 3.00 bits per heavy atom. The second kappa shape index (κ2) is 6.78. The summed E-state index contributed by atoms with van der Waals surface area (Å²) in [5.41, 5.74) is 6.66. The third-order valence-electron chi connectivity index (χ3n) is 2.28. The van der Waals surface area contributed by atoms with Gasteiger partial charge in [0.25, 0.3) is 5.91 Å². The van der Waals surface area contributed by atoms with E-state index in [1.165, 1.54) is 4.90 Å². The van der Waals surface area contributed by atoms with E-state index in [1.807, 2.05) is 0 Å². The standard InChI is InChI=1S/C12H17N3O2/c1-2-5-15(6-7-16)12(17)10-3-4-14-11(8-10)9-13/h2-4,8,16H,1,5-7,9,13H2. The summed E-state index contributed by atoms with van der Waals surface area (Å²) in [7, 11) is 0. The predicted molar refractivity (Wildman–Crippen MR) is 65.3 cm³/mol. The molecule has 5 heteroatoms. The fourth-order valence-electron chi connectivity index (χ4n) is 1.46. The Bertz CT molecular complexity index is 393. The van der Waals surface area contributed by atoms with E-state index in [0.29, 0.717) is 24.3 Å². The van der Waals surface area contributed by atoms with Crippen LogP contribution < -0.4 is 5.73 Å². The van der Waals surface area contributed by atoms with E-state index in [-0.39, 0.29) is 19.1 Å². The van der Waals surface area contributed by atoms with Crippen LogP contribution in [0.1, 0.15) is 16.1 Å². The summed E-state index contributed by atoms with van der Waals surface area (Å²) in [4.78, 5) is 17.6. The molecular formula is C12H17N3O2. The van der Waals surface area contributed by atoms with Gasteiger partial charge < -0.3 is 15.7 Å². The number of hydrogen-bond acceptors (Lipinski definition) is 4. The van der Waals surface area contributed by atoms with Gasteiger partial charge in [-0.1, -0.05) is 6.08 Å². The van der Waals surface area contributed by atoms with Crippen molar-refractivity contribution < 1.29 is 9.90 Å². The molecule has 17 heavy (non-hydrogen) atoms. The molecule has 1 amide bonds. The molecule has 1 rings (SSSR count). The number of carbonyl (C=O) groups is 1. The first-order valence-electron chi connectivity index (χ1n) is 5.39. The first kappa shape index (κ1) is 13.3. The number of carbonyl (C=O) groups excluding carboxylic acids is 1. The average Bonchev–Trinajstić information content (AvgIpc) is 2.38. The summed E-state index contributed by atoms with van der Waals surface area (Å²) in [5.74, 6) is -0.156. The second-order valence-corrected chi connectivity index (χ2v) is 3.50. The van der Waals surface area contributed by atoms with Gasteiger partial charge in [-0.05, 0) is 12.1 Å². The Kier molecular flexibility index (Phi) is 5.32. The van der Waals surface area contributed by atoms with Crippen molar-refractivity contribution in [3.05, 3.63) is 42.2 Å². The minimum Gasteiger partial charge on any atom is -0.395 e. The summed E-state index contributed by atoms with van der Waals surface area (Å²) in [5, 5.41) is 8.90. The molecule has 0 aromatic carbocycles. The van der Waals surface area contributed by atoms with Crippen molar-refractivity contribution in [3.8, 4) is 0 Å². The first-order valence-corrected chi connectivity index (χ1v) is 5.39. The van der Waals surface area contributed by atoms with Crippen molar-refractivity contribution in [1.29, 1.82) is 0 Å². The number of pyridine rings is 1. The van der Waals surface area contributed by atoms with E-state index in [2.05, 4.69) is 11.6 Å². The van der Waals surface area contributed by atoms with Crippen molar-refractivity contribution in [2.24, 2.45) is 5.73 Å². The number of nitrogens with two attached hydrogens (primary N) is 1. The molecule has 0 saturated heterocycles. The summed E-state index contributed by atoms with van der Waals surface area (Å²) in [6.45, 7) is 4.49. The van der Waals surface area contributed by atoms with Gasteiger partial charge in [-0.2, -0.15) is 0 Å². The van der Waals surface area contributed by atoms with Crippen LogP contribution in [-0.4, -0.2) is 40.6 Å². The van der Waals surface area contributed by atoms with Gasteiger partial charge in [0, 0.05) is 31.4 Å². The lowest BCUT2D eigenvalue weighted by atomic mass is 10.2. The van der Waals surface area contributed by atoms with Crippen molar-refractivity contribution >= 4 is 5.91 Å². The molecule has 0 bridgehead atoms. The van der Waals surface area contributed by atoms with Gasteiger partial charge in [-0.25, -0.2) is 0 Å².